The molecule has 1 unspecified atom stereocenters. The van der Waals surface area contributed by atoms with Gasteiger partial charge in [0.1, 0.15) is 5.82 Å². The van der Waals surface area contributed by atoms with Gasteiger partial charge in [0.15, 0.2) is 0 Å². The summed E-state index contributed by atoms with van der Waals surface area (Å²) in [5.41, 5.74) is 6.09. The van der Waals surface area contributed by atoms with Crippen molar-refractivity contribution < 1.29 is 9.53 Å². The van der Waals surface area contributed by atoms with E-state index in [0.717, 1.165) is 6.42 Å². The number of urea groups is 1. The highest BCUT2D eigenvalue weighted by molar-refractivity contribution is 9.10. The minimum Gasteiger partial charge on any atom is -0.397 e. The van der Waals surface area contributed by atoms with Crippen LogP contribution in [0.1, 0.15) is 6.42 Å². The molecule has 17 heavy (non-hydrogen) atoms. The maximum atomic E-state index is 11.6. The summed E-state index contributed by atoms with van der Waals surface area (Å²) in [7, 11) is 0. The molecule has 1 aliphatic rings. The van der Waals surface area contributed by atoms with Crippen LogP contribution in [0.4, 0.5) is 16.3 Å². The second-order valence-electron chi connectivity index (χ2n) is 3.76. The molecule has 0 aliphatic carbocycles. The molecule has 92 valence electrons. The van der Waals surface area contributed by atoms with Crippen LogP contribution in [-0.4, -0.2) is 30.3 Å². The van der Waals surface area contributed by atoms with E-state index in [1.807, 2.05) is 0 Å². The predicted molar refractivity (Wildman–Crippen MR) is 67.7 cm³/mol. The van der Waals surface area contributed by atoms with Crippen molar-refractivity contribution in [3.63, 3.8) is 0 Å². The van der Waals surface area contributed by atoms with Gasteiger partial charge in [-0.25, -0.2) is 9.78 Å². The van der Waals surface area contributed by atoms with Crippen molar-refractivity contribution in [1.82, 2.24) is 10.3 Å². The molecule has 1 atom stereocenters. The van der Waals surface area contributed by atoms with Gasteiger partial charge in [0.25, 0.3) is 0 Å². The highest BCUT2D eigenvalue weighted by Crippen LogP contribution is 2.21. The lowest BCUT2D eigenvalue weighted by Crippen LogP contribution is -2.38. The number of hydrogen-bond acceptors (Lipinski definition) is 4. The lowest BCUT2D eigenvalue weighted by atomic mass is 10.3. The molecule has 1 saturated heterocycles. The van der Waals surface area contributed by atoms with Crippen molar-refractivity contribution in [3.05, 3.63) is 16.7 Å². The fourth-order valence-electron chi connectivity index (χ4n) is 1.52. The maximum Gasteiger partial charge on any atom is 0.320 e. The average molecular weight is 301 g/mol. The van der Waals surface area contributed by atoms with Gasteiger partial charge in [0.05, 0.1) is 29.0 Å². The van der Waals surface area contributed by atoms with Gasteiger partial charge in [-0.2, -0.15) is 0 Å². The zero-order chi connectivity index (χ0) is 12.3. The van der Waals surface area contributed by atoms with Gasteiger partial charge < -0.3 is 15.8 Å². The van der Waals surface area contributed by atoms with Gasteiger partial charge in [0.2, 0.25) is 0 Å². The van der Waals surface area contributed by atoms with Crippen LogP contribution in [0.15, 0.2) is 16.7 Å². The Morgan fingerprint density at radius 1 is 1.65 bits per heavy atom. The van der Waals surface area contributed by atoms with E-state index in [4.69, 9.17) is 10.5 Å². The highest BCUT2D eigenvalue weighted by atomic mass is 79.9. The Kier molecular flexibility index (Phi) is 3.80. The first-order valence-corrected chi connectivity index (χ1v) is 6.01. The van der Waals surface area contributed by atoms with Crippen LogP contribution in [0.5, 0.6) is 0 Å². The van der Waals surface area contributed by atoms with Gasteiger partial charge in [-0.1, -0.05) is 0 Å². The van der Waals surface area contributed by atoms with E-state index >= 15 is 0 Å². The van der Waals surface area contributed by atoms with Crippen LogP contribution in [0.3, 0.4) is 0 Å². The fourth-order valence-corrected chi connectivity index (χ4v) is 1.99. The van der Waals surface area contributed by atoms with Gasteiger partial charge in [-0.05, 0) is 28.4 Å². The molecule has 1 aromatic heterocycles. The second-order valence-corrected chi connectivity index (χ2v) is 4.61. The summed E-state index contributed by atoms with van der Waals surface area (Å²) in [6.07, 6.45) is 2.32. The molecule has 0 bridgehead atoms. The summed E-state index contributed by atoms with van der Waals surface area (Å²) in [6.45, 7) is 1.25. The van der Waals surface area contributed by atoms with Crippen LogP contribution < -0.4 is 16.4 Å². The molecule has 1 aliphatic heterocycles. The van der Waals surface area contributed by atoms with Gasteiger partial charge in [-0.15, -0.1) is 0 Å². The number of carbonyl (C=O) groups is 1. The first-order chi connectivity index (χ1) is 8.15. The van der Waals surface area contributed by atoms with Crippen molar-refractivity contribution in [3.8, 4) is 0 Å². The first kappa shape index (κ1) is 12.1. The number of rotatable bonds is 2. The number of nitrogens with one attached hydrogen (secondary N) is 2. The van der Waals surface area contributed by atoms with E-state index in [0.29, 0.717) is 29.2 Å². The Morgan fingerprint density at radius 3 is 3.12 bits per heavy atom. The number of nitrogens with zero attached hydrogens (tertiary/aromatic N) is 1. The zero-order valence-corrected chi connectivity index (χ0v) is 10.7. The third-order valence-corrected chi connectivity index (χ3v) is 2.96. The molecule has 2 amide bonds. The van der Waals surface area contributed by atoms with E-state index in [9.17, 15) is 4.79 Å². The molecule has 1 aromatic rings. The Balaban J connectivity index is 1.93. The molecular formula is C10H13BrN4O2. The standard InChI is InChI=1S/C10H13BrN4O2/c11-8-3-6(12)4-13-9(8)15-10(16)14-7-1-2-17-5-7/h3-4,7H,1-2,5,12H2,(H2,13,14,15,16). The Hall–Kier alpha value is -1.34. The summed E-state index contributed by atoms with van der Waals surface area (Å²) in [5.74, 6) is 0.440. The fraction of sp³-hybridized carbons (Fsp3) is 0.400. The summed E-state index contributed by atoms with van der Waals surface area (Å²) >= 11 is 3.28. The van der Waals surface area contributed by atoms with E-state index in [-0.39, 0.29) is 12.1 Å². The van der Waals surface area contributed by atoms with Crippen LogP contribution in [0, 0.1) is 0 Å². The van der Waals surface area contributed by atoms with E-state index in [1.54, 1.807) is 6.07 Å². The summed E-state index contributed by atoms with van der Waals surface area (Å²) < 4.78 is 5.81. The van der Waals surface area contributed by atoms with Crippen LogP contribution >= 0.6 is 15.9 Å². The largest absolute Gasteiger partial charge is 0.397 e. The smallest absolute Gasteiger partial charge is 0.320 e. The monoisotopic (exact) mass is 300 g/mol. The third-order valence-electron chi connectivity index (χ3n) is 2.36. The number of nitrogens with two attached hydrogens (primary N) is 1. The van der Waals surface area contributed by atoms with Crippen molar-refractivity contribution in [2.75, 3.05) is 24.3 Å². The van der Waals surface area contributed by atoms with Crippen LogP contribution in [0.25, 0.3) is 0 Å². The lowest BCUT2D eigenvalue weighted by molar-refractivity contribution is 0.189. The second kappa shape index (κ2) is 5.33. The van der Waals surface area contributed by atoms with Crippen molar-refractivity contribution in [2.45, 2.75) is 12.5 Å². The maximum absolute atomic E-state index is 11.6. The molecule has 4 N–H and O–H groups in total. The van der Waals surface area contributed by atoms with Gasteiger partial charge >= 0.3 is 6.03 Å². The van der Waals surface area contributed by atoms with E-state index in [1.165, 1.54) is 6.20 Å². The van der Waals surface area contributed by atoms with Crippen LogP contribution in [-0.2, 0) is 4.74 Å². The number of aromatic nitrogens is 1. The topological polar surface area (TPSA) is 89.3 Å². The number of nitrogen functional groups attached to an aromatic ring is 1. The summed E-state index contributed by atoms with van der Waals surface area (Å²) in [4.78, 5) is 15.7. The highest BCUT2D eigenvalue weighted by Gasteiger charge is 2.18. The number of amides is 2. The molecule has 2 heterocycles. The average Bonchev–Trinajstić information content (AvgIpc) is 2.75. The molecule has 0 aromatic carbocycles. The van der Waals surface area contributed by atoms with Gasteiger partial charge in [-0.3, -0.25) is 5.32 Å². The molecular weight excluding hydrogens is 288 g/mol. The quantitative estimate of drug-likeness (QED) is 0.769. The molecule has 0 spiro atoms. The Bertz CT molecular complexity index is 421. The van der Waals surface area contributed by atoms with Crippen molar-refractivity contribution in [1.29, 1.82) is 0 Å². The van der Waals surface area contributed by atoms with Crippen molar-refractivity contribution >= 4 is 33.5 Å². The van der Waals surface area contributed by atoms with Crippen molar-refractivity contribution in [2.24, 2.45) is 0 Å². The van der Waals surface area contributed by atoms with Gasteiger partial charge in [0, 0.05) is 6.61 Å². The molecule has 6 nitrogen and oxygen atoms in total. The summed E-state index contributed by atoms with van der Waals surface area (Å²) in [6, 6.07) is 1.46. The molecule has 1 fully saturated rings. The first-order valence-electron chi connectivity index (χ1n) is 5.21. The number of halogens is 1. The van der Waals surface area contributed by atoms with Crippen LogP contribution in [0.2, 0.25) is 0 Å². The van der Waals surface area contributed by atoms with E-state index < -0.39 is 0 Å². The molecule has 7 heteroatoms. The minimum atomic E-state index is -0.293. The predicted octanol–water partition coefficient (Wildman–Crippen LogP) is 1.34. The number of anilines is 2. The number of carbonyl (C=O) groups excluding carboxylic acids is 1. The summed E-state index contributed by atoms with van der Waals surface area (Å²) in [5, 5.41) is 5.45. The molecule has 0 radical (unpaired) electrons. The zero-order valence-electron chi connectivity index (χ0n) is 9.07. The number of pyridine rings is 1. The normalized spacial score (nSPS) is 19.0. The Morgan fingerprint density at radius 2 is 2.47 bits per heavy atom. The van der Waals surface area contributed by atoms with E-state index in [2.05, 4.69) is 31.5 Å². The molecule has 0 saturated carbocycles. The number of ether oxygens (including phenoxy) is 1. The number of hydrogen-bond donors (Lipinski definition) is 3. The molecule has 2 rings (SSSR count). The SMILES string of the molecule is Nc1cnc(NC(=O)NC2CCOC2)c(Br)c1. The third kappa shape index (κ3) is 3.31. The minimum absolute atomic E-state index is 0.0718. The Labute approximate surface area is 107 Å². The lowest BCUT2D eigenvalue weighted by Gasteiger charge is -2.12.